The van der Waals surface area contributed by atoms with Gasteiger partial charge in [0.1, 0.15) is 11.5 Å². The number of hydrogen-bond donors (Lipinski definition) is 1. The smallest absolute Gasteiger partial charge is 0.275 e. The molecule has 2 aromatic rings. The van der Waals surface area contributed by atoms with Crippen LogP contribution in [0.3, 0.4) is 0 Å². The maximum absolute atomic E-state index is 12.2. The fraction of sp³-hybridized carbons (Fsp3) is 0.111. The highest BCUT2D eigenvalue weighted by molar-refractivity contribution is 6.35. The molecule has 24 heavy (non-hydrogen) atoms. The van der Waals surface area contributed by atoms with Gasteiger partial charge in [0, 0.05) is 5.56 Å². The number of methoxy groups -OCH3 is 2. The number of benzene rings is 2. The fourth-order valence-corrected chi connectivity index (χ4v) is 2.58. The predicted molar refractivity (Wildman–Crippen MR) is 93.7 cm³/mol. The molecule has 5 nitrogen and oxygen atoms in total. The SMILES string of the molecule is COc1ccc(C=C2N=C(c3ccccc3Cl)NC2=O)cc1OC. The second-order valence-electron chi connectivity index (χ2n) is 5.04. The van der Waals surface area contributed by atoms with Gasteiger partial charge in [-0.05, 0) is 35.9 Å². The molecule has 0 saturated heterocycles. The maximum atomic E-state index is 12.2. The number of amides is 1. The van der Waals surface area contributed by atoms with Crippen LogP contribution < -0.4 is 14.8 Å². The number of carbonyl (C=O) groups is 1. The monoisotopic (exact) mass is 342 g/mol. The number of hydrogen-bond acceptors (Lipinski definition) is 4. The summed E-state index contributed by atoms with van der Waals surface area (Å²) >= 11 is 6.15. The number of halogens is 1. The summed E-state index contributed by atoms with van der Waals surface area (Å²) in [5.41, 5.74) is 1.77. The third-order valence-electron chi connectivity index (χ3n) is 3.54. The Kier molecular flexibility index (Phi) is 4.53. The van der Waals surface area contributed by atoms with Crippen LogP contribution in [0.5, 0.6) is 11.5 Å². The topological polar surface area (TPSA) is 59.9 Å². The zero-order chi connectivity index (χ0) is 17.1. The van der Waals surface area contributed by atoms with Crippen LogP contribution in [-0.4, -0.2) is 26.0 Å². The normalized spacial score (nSPS) is 15.2. The van der Waals surface area contributed by atoms with Crippen molar-refractivity contribution in [1.82, 2.24) is 5.32 Å². The summed E-state index contributed by atoms with van der Waals surface area (Å²) in [5.74, 6) is 1.37. The Bertz CT molecular complexity index is 859. The quantitative estimate of drug-likeness (QED) is 0.867. The van der Waals surface area contributed by atoms with E-state index in [4.69, 9.17) is 21.1 Å². The van der Waals surface area contributed by atoms with Crippen molar-refractivity contribution in [3.63, 3.8) is 0 Å². The minimum Gasteiger partial charge on any atom is -0.493 e. The van der Waals surface area contributed by atoms with E-state index in [0.29, 0.717) is 33.6 Å². The summed E-state index contributed by atoms with van der Waals surface area (Å²) in [6, 6.07) is 12.6. The van der Waals surface area contributed by atoms with Gasteiger partial charge in [-0.25, -0.2) is 4.99 Å². The molecule has 122 valence electrons. The molecule has 0 saturated carbocycles. The van der Waals surface area contributed by atoms with Crippen molar-refractivity contribution in [1.29, 1.82) is 0 Å². The number of nitrogens with one attached hydrogen (secondary N) is 1. The molecule has 0 fully saturated rings. The van der Waals surface area contributed by atoms with E-state index in [2.05, 4.69) is 10.3 Å². The van der Waals surface area contributed by atoms with Gasteiger partial charge in [0.25, 0.3) is 5.91 Å². The molecule has 1 amide bonds. The molecule has 6 heteroatoms. The Morgan fingerprint density at radius 2 is 1.83 bits per heavy atom. The van der Waals surface area contributed by atoms with Crippen LogP contribution in [0.1, 0.15) is 11.1 Å². The lowest BCUT2D eigenvalue weighted by Gasteiger charge is -2.07. The highest BCUT2D eigenvalue weighted by Crippen LogP contribution is 2.29. The zero-order valence-electron chi connectivity index (χ0n) is 13.2. The standard InChI is InChI=1S/C18H15ClN2O3/c1-23-15-8-7-11(10-16(15)24-2)9-14-18(22)21-17(20-14)12-5-3-4-6-13(12)19/h3-10H,1-2H3,(H,20,21,22). The molecule has 2 aromatic carbocycles. The minimum atomic E-state index is -0.278. The molecule has 0 unspecified atom stereocenters. The van der Waals surface area contributed by atoms with Crippen LogP contribution in [0.25, 0.3) is 6.08 Å². The molecule has 1 heterocycles. The summed E-state index contributed by atoms with van der Waals surface area (Å²) in [6.45, 7) is 0. The second-order valence-corrected chi connectivity index (χ2v) is 5.45. The highest BCUT2D eigenvalue weighted by atomic mass is 35.5. The van der Waals surface area contributed by atoms with Crippen LogP contribution in [-0.2, 0) is 4.79 Å². The largest absolute Gasteiger partial charge is 0.493 e. The molecule has 1 aliphatic heterocycles. The number of nitrogens with zero attached hydrogens (tertiary/aromatic N) is 1. The van der Waals surface area contributed by atoms with Crippen molar-refractivity contribution in [3.8, 4) is 11.5 Å². The molecule has 1 aliphatic rings. The van der Waals surface area contributed by atoms with Gasteiger partial charge in [0.15, 0.2) is 11.5 Å². The Labute approximate surface area is 144 Å². The summed E-state index contributed by atoms with van der Waals surface area (Å²) < 4.78 is 10.5. The van der Waals surface area contributed by atoms with Gasteiger partial charge >= 0.3 is 0 Å². The molecule has 0 bridgehead atoms. The number of ether oxygens (including phenoxy) is 2. The Morgan fingerprint density at radius 1 is 1.08 bits per heavy atom. The first-order valence-electron chi connectivity index (χ1n) is 7.21. The molecule has 0 atom stereocenters. The van der Waals surface area contributed by atoms with Gasteiger partial charge in [-0.2, -0.15) is 0 Å². The van der Waals surface area contributed by atoms with Gasteiger partial charge in [-0.1, -0.05) is 29.8 Å². The number of rotatable bonds is 4. The van der Waals surface area contributed by atoms with E-state index in [0.717, 1.165) is 5.56 Å². The van der Waals surface area contributed by atoms with E-state index in [1.165, 1.54) is 0 Å². The molecule has 1 N–H and O–H groups in total. The summed E-state index contributed by atoms with van der Waals surface area (Å²) in [7, 11) is 3.13. The number of carbonyl (C=O) groups excluding carboxylic acids is 1. The van der Waals surface area contributed by atoms with Crippen molar-refractivity contribution in [3.05, 3.63) is 64.3 Å². The summed E-state index contributed by atoms with van der Waals surface area (Å²) in [4.78, 5) is 16.5. The summed E-state index contributed by atoms with van der Waals surface area (Å²) in [6.07, 6.45) is 1.68. The van der Waals surface area contributed by atoms with E-state index in [1.807, 2.05) is 18.2 Å². The molecule has 0 spiro atoms. The van der Waals surface area contributed by atoms with E-state index < -0.39 is 0 Å². The first-order chi connectivity index (χ1) is 11.6. The highest BCUT2D eigenvalue weighted by Gasteiger charge is 2.22. The second kappa shape index (κ2) is 6.76. The molecular formula is C18H15ClN2O3. The lowest BCUT2D eigenvalue weighted by atomic mass is 10.1. The molecule has 0 radical (unpaired) electrons. The van der Waals surface area contributed by atoms with Crippen molar-refractivity contribution in [2.75, 3.05) is 14.2 Å². The van der Waals surface area contributed by atoms with Crippen LogP contribution >= 0.6 is 11.6 Å². The Balaban J connectivity index is 1.96. The number of aliphatic imine (C=N–C) groups is 1. The van der Waals surface area contributed by atoms with Crippen molar-refractivity contribution < 1.29 is 14.3 Å². The Hall–Kier alpha value is -2.79. The average molecular weight is 343 g/mol. The van der Waals surface area contributed by atoms with Gasteiger partial charge < -0.3 is 14.8 Å². The summed E-state index contributed by atoms with van der Waals surface area (Å²) in [5, 5.41) is 3.27. The van der Waals surface area contributed by atoms with Crippen molar-refractivity contribution in [2.24, 2.45) is 4.99 Å². The minimum absolute atomic E-state index is 0.278. The van der Waals surface area contributed by atoms with E-state index in [9.17, 15) is 4.79 Å². The van der Waals surface area contributed by atoms with Crippen LogP contribution in [0.4, 0.5) is 0 Å². The van der Waals surface area contributed by atoms with Gasteiger partial charge in [-0.3, -0.25) is 4.79 Å². The third kappa shape index (κ3) is 3.12. The van der Waals surface area contributed by atoms with Crippen LogP contribution in [0, 0.1) is 0 Å². The first-order valence-corrected chi connectivity index (χ1v) is 7.59. The van der Waals surface area contributed by atoms with Gasteiger partial charge in [0.05, 0.1) is 19.2 Å². The third-order valence-corrected chi connectivity index (χ3v) is 3.87. The average Bonchev–Trinajstić information content (AvgIpc) is 2.95. The maximum Gasteiger partial charge on any atom is 0.275 e. The lowest BCUT2D eigenvalue weighted by Crippen LogP contribution is -2.24. The predicted octanol–water partition coefficient (Wildman–Crippen LogP) is 3.27. The van der Waals surface area contributed by atoms with E-state index in [-0.39, 0.29) is 5.91 Å². The molecule has 0 aromatic heterocycles. The molecule has 3 rings (SSSR count). The Morgan fingerprint density at radius 3 is 2.54 bits per heavy atom. The fourth-order valence-electron chi connectivity index (χ4n) is 2.35. The van der Waals surface area contributed by atoms with E-state index in [1.54, 1.807) is 44.6 Å². The van der Waals surface area contributed by atoms with Crippen LogP contribution in [0.15, 0.2) is 53.2 Å². The molecular weight excluding hydrogens is 328 g/mol. The molecule has 0 aliphatic carbocycles. The number of amidine groups is 1. The van der Waals surface area contributed by atoms with E-state index >= 15 is 0 Å². The van der Waals surface area contributed by atoms with Crippen LogP contribution in [0.2, 0.25) is 5.02 Å². The van der Waals surface area contributed by atoms with Gasteiger partial charge in [0.2, 0.25) is 0 Å². The van der Waals surface area contributed by atoms with Crippen molar-refractivity contribution in [2.45, 2.75) is 0 Å². The zero-order valence-corrected chi connectivity index (χ0v) is 13.9. The lowest BCUT2D eigenvalue weighted by molar-refractivity contribution is -0.115. The van der Waals surface area contributed by atoms with Gasteiger partial charge in [-0.15, -0.1) is 0 Å². The van der Waals surface area contributed by atoms with Crippen molar-refractivity contribution >= 4 is 29.4 Å². The first kappa shape index (κ1) is 16.1.